The first-order valence-corrected chi connectivity index (χ1v) is 4.57. The van der Waals surface area contributed by atoms with Gasteiger partial charge in [-0.25, -0.2) is 0 Å². The van der Waals surface area contributed by atoms with Gasteiger partial charge in [0.25, 0.3) is 0 Å². The van der Waals surface area contributed by atoms with E-state index in [4.69, 9.17) is 10.5 Å². The van der Waals surface area contributed by atoms with Gasteiger partial charge in [0.2, 0.25) is 5.41 Å². The first kappa shape index (κ1) is 12.3. The second kappa shape index (κ2) is 5.85. The summed E-state index contributed by atoms with van der Waals surface area (Å²) in [5, 5.41) is 17.8. The molecule has 0 atom stereocenters. The van der Waals surface area contributed by atoms with Crippen LogP contribution in [0.25, 0.3) is 0 Å². The van der Waals surface area contributed by atoms with Crippen LogP contribution in [0.1, 0.15) is 33.1 Å². The molecule has 0 saturated carbocycles. The highest BCUT2D eigenvalue weighted by Gasteiger charge is 2.27. The predicted molar refractivity (Wildman–Crippen MR) is 55.8 cm³/mol. The lowest BCUT2D eigenvalue weighted by Crippen LogP contribution is -2.13. The van der Waals surface area contributed by atoms with Crippen LogP contribution in [0.2, 0.25) is 0 Å². The number of hydrogen-bond donors (Lipinski definition) is 0. The maximum absolute atomic E-state index is 8.91. The highest BCUT2D eigenvalue weighted by atomic mass is 14.4. The van der Waals surface area contributed by atoms with Gasteiger partial charge in [0, 0.05) is 12.8 Å². The van der Waals surface area contributed by atoms with Gasteiger partial charge in [-0.2, -0.15) is 10.5 Å². The fourth-order valence-corrected chi connectivity index (χ4v) is 0.995. The van der Waals surface area contributed by atoms with Crippen molar-refractivity contribution in [3.63, 3.8) is 0 Å². The van der Waals surface area contributed by atoms with E-state index in [0.29, 0.717) is 6.42 Å². The van der Waals surface area contributed by atoms with E-state index in [0.717, 1.165) is 18.4 Å². The molecule has 0 aromatic carbocycles. The summed E-state index contributed by atoms with van der Waals surface area (Å²) in [5.74, 6) is 5.58. The SMILES string of the molecule is C=C(C)CC(C#N)(C#N)C#CCCC. The van der Waals surface area contributed by atoms with Crippen molar-refractivity contribution in [2.24, 2.45) is 5.41 Å². The molecule has 0 saturated heterocycles. The number of hydrogen-bond acceptors (Lipinski definition) is 2. The number of nitrogens with zero attached hydrogens (tertiary/aromatic N) is 2. The van der Waals surface area contributed by atoms with E-state index in [9.17, 15) is 0 Å². The molecule has 0 unspecified atom stereocenters. The lowest BCUT2D eigenvalue weighted by atomic mass is 9.86. The highest BCUT2D eigenvalue weighted by molar-refractivity contribution is 5.33. The minimum Gasteiger partial charge on any atom is -0.195 e. The molecule has 0 aliphatic rings. The van der Waals surface area contributed by atoms with Crippen LogP contribution in [-0.2, 0) is 0 Å². The molecule has 0 radical (unpaired) electrons. The van der Waals surface area contributed by atoms with Gasteiger partial charge in [-0.15, -0.1) is 12.5 Å². The average molecular weight is 186 g/mol. The van der Waals surface area contributed by atoms with Gasteiger partial charge in [-0.05, 0) is 13.3 Å². The predicted octanol–water partition coefficient (Wildman–Crippen LogP) is 2.79. The van der Waals surface area contributed by atoms with Gasteiger partial charge in [-0.3, -0.25) is 0 Å². The van der Waals surface area contributed by atoms with Crippen LogP contribution in [0.15, 0.2) is 12.2 Å². The van der Waals surface area contributed by atoms with Crippen molar-refractivity contribution >= 4 is 0 Å². The zero-order chi connectivity index (χ0) is 11.0. The molecule has 2 heteroatoms. The highest BCUT2D eigenvalue weighted by Crippen LogP contribution is 2.23. The summed E-state index contributed by atoms with van der Waals surface area (Å²) < 4.78 is 0. The fraction of sp³-hybridized carbons (Fsp3) is 0.500. The molecule has 0 rings (SSSR count). The molecule has 0 aliphatic heterocycles. The number of unbranched alkanes of at least 4 members (excludes halogenated alkanes) is 1. The topological polar surface area (TPSA) is 47.6 Å². The van der Waals surface area contributed by atoms with Crippen molar-refractivity contribution in [3.8, 4) is 24.0 Å². The van der Waals surface area contributed by atoms with Crippen LogP contribution in [0.5, 0.6) is 0 Å². The monoisotopic (exact) mass is 186 g/mol. The summed E-state index contributed by atoms with van der Waals surface area (Å²) in [6, 6.07) is 3.92. The molecule has 0 amide bonds. The number of nitriles is 2. The summed E-state index contributed by atoms with van der Waals surface area (Å²) in [6.07, 6.45) is 1.99. The molecule has 2 nitrogen and oxygen atoms in total. The van der Waals surface area contributed by atoms with Gasteiger partial charge in [0.1, 0.15) is 0 Å². The molecule has 0 aromatic rings. The Labute approximate surface area is 85.8 Å². The Kier molecular flexibility index (Phi) is 5.13. The van der Waals surface area contributed by atoms with Crippen molar-refractivity contribution in [2.75, 3.05) is 0 Å². The van der Waals surface area contributed by atoms with Crippen LogP contribution < -0.4 is 0 Å². The van der Waals surface area contributed by atoms with Crippen LogP contribution >= 0.6 is 0 Å². The Bertz CT molecular complexity index is 327. The van der Waals surface area contributed by atoms with Gasteiger partial charge in [-0.1, -0.05) is 18.4 Å². The Balaban J connectivity index is 4.78. The summed E-state index contributed by atoms with van der Waals surface area (Å²) >= 11 is 0. The van der Waals surface area contributed by atoms with Crippen molar-refractivity contribution in [3.05, 3.63) is 12.2 Å². The summed E-state index contributed by atoms with van der Waals surface area (Å²) in [4.78, 5) is 0. The maximum atomic E-state index is 8.91. The third-order valence-corrected chi connectivity index (χ3v) is 1.63. The first-order valence-electron chi connectivity index (χ1n) is 4.57. The molecule has 0 fully saturated rings. The largest absolute Gasteiger partial charge is 0.206 e. The van der Waals surface area contributed by atoms with Gasteiger partial charge < -0.3 is 0 Å². The van der Waals surface area contributed by atoms with E-state index in [1.807, 2.05) is 19.1 Å². The standard InChI is InChI=1S/C12H14N2/c1-4-5-6-7-12(9-13,10-14)8-11(2)3/h2,4-5,8H2,1,3H3. The van der Waals surface area contributed by atoms with Crippen LogP contribution in [-0.4, -0.2) is 0 Å². The Morgan fingerprint density at radius 2 is 1.93 bits per heavy atom. The Morgan fingerprint density at radius 3 is 2.29 bits per heavy atom. The Morgan fingerprint density at radius 1 is 1.36 bits per heavy atom. The molecule has 0 heterocycles. The van der Waals surface area contributed by atoms with Crippen molar-refractivity contribution < 1.29 is 0 Å². The summed E-state index contributed by atoms with van der Waals surface area (Å²) in [7, 11) is 0. The quantitative estimate of drug-likeness (QED) is 0.502. The van der Waals surface area contributed by atoms with Crippen molar-refractivity contribution in [1.29, 1.82) is 10.5 Å². The van der Waals surface area contributed by atoms with E-state index in [1.54, 1.807) is 6.92 Å². The maximum Gasteiger partial charge on any atom is 0.206 e. The van der Waals surface area contributed by atoms with Crippen LogP contribution in [0.4, 0.5) is 0 Å². The third-order valence-electron chi connectivity index (χ3n) is 1.63. The van der Waals surface area contributed by atoms with Gasteiger partial charge in [0.05, 0.1) is 12.1 Å². The first-order chi connectivity index (χ1) is 6.60. The minimum atomic E-state index is -1.19. The fourth-order valence-electron chi connectivity index (χ4n) is 0.995. The molecule has 0 aromatic heterocycles. The zero-order valence-corrected chi connectivity index (χ0v) is 8.72. The van der Waals surface area contributed by atoms with E-state index in [1.165, 1.54) is 0 Å². The Hall–Kier alpha value is -1.72. The van der Waals surface area contributed by atoms with E-state index >= 15 is 0 Å². The van der Waals surface area contributed by atoms with Crippen LogP contribution in [0, 0.1) is 39.9 Å². The molecular formula is C12H14N2. The van der Waals surface area contributed by atoms with Crippen molar-refractivity contribution in [2.45, 2.75) is 33.1 Å². The molecule has 14 heavy (non-hydrogen) atoms. The van der Waals surface area contributed by atoms with E-state index in [2.05, 4.69) is 18.4 Å². The normalized spacial score (nSPS) is 9.14. The lowest BCUT2D eigenvalue weighted by molar-refractivity contribution is 0.678. The molecule has 72 valence electrons. The molecule has 0 aliphatic carbocycles. The zero-order valence-electron chi connectivity index (χ0n) is 8.72. The third kappa shape index (κ3) is 3.79. The number of rotatable bonds is 3. The molecule has 0 N–H and O–H groups in total. The van der Waals surface area contributed by atoms with E-state index < -0.39 is 5.41 Å². The summed E-state index contributed by atoms with van der Waals surface area (Å²) in [5.41, 5.74) is -0.389. The second-order valence-corrected chi connectivity index (χ2v) is 3.31. The molecule has 0 bridgehead atoms. The lowest BCUT2D eigenvalue weighted by Gasteiger charge is -2.10. The van der Waals surface area contributed by atoms with Gasteiger partial charge in [0.15, 0.2) is 0 Å². The minimum absolute atomic E-state index is 0.330. The number of allylic oxidation sites excluding steroid dienone is 1. The van der Waals surface area contributed by atoms with E-state index in [-0.39, 0.29) is 0 Å². The van der Waals surface area contributed by atoms with Gasteiger partial charge >= 0.3 is 0 Å². The summed E-state index contributed by atoms with van der Waals surface area (Å²) in [6.45, 7) is 7.50. The molecular weight excluding hydrogens is 172 g/mol. The smallest absolute Gasteiger partial charge is 0.195 e. The molecule has 0 spiro atoms. The second-order valence-electron chi connectivity index (χ2n) is 3.31. The van der Waals surface area contributed by atoms with Crippen molar-refractivity contribution in [1.82, 2.24) is 0 Å². The van der Waals surface area contributed by atoms with Crippen LogP contribution in [0.3, 0.4) is 0 Å². The average Bonchev–Trinajstić information content (AvgIpc) is 2.16.